The van der Waals surface area contributed by atoms with E-state index >= 15 is 0 Å². The van der Waals surface area contributed by atoms with Gasteiger partial charge in [-0.2, -0.15) is 0 Å². The summed E-state index contributed by atoms with van der Waals surface area (Å²) in [7, 11) is 0. The van der Waals surface area contributed by atoms with E-state index in [0.717, 1.165) is 0 Å². The van der Waals surface area contributed by atoms with Crippen molar-refractivity contribution >= 4 is 5.91 Å². The summed E-state index contributed by atoms with van der Waals surface area (Å²) >= 11 is 0. The van der Waals surface area contributed by atoms with Crippen molar-refractivity contribution in [1.29, 1.82) is 0 Å². The smallest absolute Gasteiger partial charge is 0.264 e. The third kappa shape index (κ3) is 1.78. The second-order valence-electron chi connectivity index (χ2n) is 3.85. The number of β-lactam (4-membered cyclic amide) rings is 1. The van der Waals surface area contributed by atoms with Gasteiger partial charge in [0.25, 0.3) is 5.91 Å². The highest BCUT2D eigenvalue weighted by Crippen LogP contribution is 2.28. The molecule has 4 nitrogen and oxygen atoms in total. The molecule has 0 radical (unpaired) electrons. The van der Waals surface area contributed by atoms with E-state index in [2.05, 4.69) is 5.32 Å². The molecular weight excluding hydrogens is 218 g/mol. The van der Waals surface area contributed by atoms with E-state index in [4.69, 9.17) is 9.15 Å². The van der Waals surface area contributed by atoms with Crippen molar-refractivity contribution in [2.75, 3.05) is 0 Å². The van der Waals surface area contributed by atoms with Gasteiger partial charge >= 0.3 is 0 Å². The molecule has 1 fully saturated rings. The Kier molecular flexibility index (Phi) is 2.33. The van der Waals surface area contributed by atoms with Crippen molar-refractivity contribution in [3.05, 3.63) is 54.5 Å². The molecule has 2 heterocycles. The van der Waals surface area contributed by atoms with Crippen LogP contribution in [0.1, 0.15) is 11.8 Å². The molecule has 1 N–H and O–H groups in total. The summed E-state index contributed by atoms with van der Waals surface area (Å²) in [5, 5.41) is 2.76. The molecule has 0 unspecified atom stereocenters. The number of ether oxygens (including phenoxy) is 1. The summed E-state index contributed by atoms with van der Waals surface area (Å²) in [5.74, 6) is 1.28. The van der Waals surface area contributed by atoms with Crippen molar-refractivity contribution in [1.82, 2.24) is 5.32 Å². The van der Waals surface area contributed by atoms with E-state index in [1.54, 1.807) is 12.3 Å². The first-order chi connectivity index (χ1) is 8.34. The Morgan fingerprint density at radius 1 is 1.12 bits per heavy atom. The molecule has 17 heavy (non-hydrogen) atoms. The van der Waals surface area contributed by atoms with E-state index < -0.39 is 6.10 Å². The van der Waals surface area contributed by atoms with Crippen LogP contribution in [0.4, 0.5) is 0 Å². The third-order valence-electron chi connectivity index (χ3n) is 2.71. The van der Waals surface area contributed by atoms with Gasteiger partial charge in [-0.15, -0.1) is 0 Å². The molecule has 2 aromatic rings. The van der Waals surface area contributed by atoms with Crippen LogP contribution in [0.25, 0.3) is 0 Å². The summed E-state index contributed by atoms with van der Waals surface area (Å²) in [6, 6.07) is 12.7. The van der Waals surface area contributed by atoms with Gasteiger partial charge in [-0.05, 0) is 24.3 Å². The quantitative estimate of drug-likeness (QED) is 0.818. The zero-order chi connectivity index (χ0) is 11.7. The number of carbonyl (C=O) groups excluding carboxylic acids is 1. The minimum absolute atomic E-state index is 0.116. The Labute approximate surface area is 98.2 Å². The van der Waals surface area contributed by atoms with E-state index in [9.17, 15) is 4.79 Å². The van der Waals surface area contributed by atoms with E-state index in [-0.39, 0.29) is 11.9 Å². The average Bonchev–Trinajstić information content (AvgIpc) is 2.88. The Balaban J connectivity index is 1.76. The van der Waals surface area contributed by atoms with Gasteiger partial charge in [0.05, 0.1) is 6.26 Å². The fourth-order valence-electron chi connectivity index (χ4n) is 1.82. The van der Waals surface area contributed by atoms with Gasteiger partial charge in [-0.3, -0.25) is 4.79 Å². The maximum Gasteiger partial charge on any atom is 0.264 e. The largest absolute Gasteiger partial charge is 0.478 e. The van der Waals surface area contributed by atoms with Crippen molar-refractivity contribution in [3.63, 3.8) is 0 Å². The molecule has 1 saturated heterocycles. The molecule has 86 valence electrons. The first kappa shape index (κ1) is 9.96. The molecule has 1 aliphatic rings. The fourth-order valence-corrected chi connectivity index (χ4v) is 1.82. The van der Waals surface area contributed by atoms with E-state index in [1.807, 2.05) is 36.4 Å². The van der Waals surface area contributed by atoms with Gasteiger partial charge in [0.2, 0.25) is 6.10 Å². The lowest BCUT2D eigenvalue weighted by Crippen LogP contribution is -2.58. The number of benzene rings is 1. The van der Waals surface area contributed by atoms with Gasteiger partial charge in [0.15, 0.2) is 0 Å². The number of para-hydroxylation sites is 1. The second kappa shape index (κ2) is 3.97. The predicted molar refractivity (Wildman–Crippen MR) is 60.4 cm³/mol. The fraction of sp³-hybridized carbons (Fsp3) is 0.154. The maximum atomic E-state index is 11.5. The molecule has 3 rings (SSSR count). The molecule has 0 saturated carbocycles. The highest BCUT2D eigenvalue weighted by atomic mass is 16.5. The maximum absolute atomic E-state index is 11.5. The summed E-state index contributed by atoms with van der Waals surface area (Å²) in [5.41, 5.74) is 0. The zero-order valence-electron chi connectivity index (χ0n) is 9.00. The molecule has 1 aromatic carbocycles. The van der Waals surface area contributed by atoms with Crippen molar-refractivity contribution in [2.45, 2.75) is 12.1 Å². The van der Waals surface area contributed by atoms with Crippen molar-refractivity contribution in [3.8, 4) is 5.75 Å². The van der Waals surface area contributed by atoms with Crippen LogP contribution in [0.3, 0.4) is 0 Å². The predicted octanol–water partition coefficient (Wildman–Crippen LogP) is 1.90. The normalized spacial score (nSPS) is 22.7. The Morgan fingerprint density at radius 2 is 1.94 bits per heavy atom. The number of amides is 1. The van der Waals surface area contributed by atoms with Crippen LogP contribution in [0, 0.1) is 0 Å². The number of carbonyl (C=O) groups is 1. The summed E-state index contributed by atoms with van der Waals surface area (Å²) in [6.45, 7) is 0. The number of rotatable bonds is 3. The highest BCUT2D eigenvalue weighted by Gasteiger charge is 2.44. The van der Waals surface area contributed by atoms with Crippen LogP contribution in [0.5, 0.6) is 5.75 Å². The third-order valence-corrected chi connectivity index (χ3v) is 2.71. The first-order valence-corrected chi connectivity index (χ1v) is 5.40. The van der Waals surface area contributed by atoms with Gasteiger partial charge in [-0.25, -0.2) is 0 Å². The minimum atomic E-state index is -0.511. The standard InChI is InChI=1S/C13H11NO3/c15-13-12(17-9-5-2-1-3-6-9)11(14-13)10-7-4-8-16-10/h1-8,11-12H,(H,14,15)/t11-,12+/m0/s1. The number of nitrogens with one attached hydrogen (secondary N) is 1. The van der Waals surface area contributed by atoms with Gasteiger partial charge in [0.1, 0.15) is 17.6 Å². The number of furan rings is 1. The molecule has 1 aromatic heterocycles. The van der Waals surface area contributed by atoms with Crippen molar-refractivity contribution in [2.24, 2.45) is 0 Å². The van der Waals surface area contributed by atoms with Crippen molar-refractivity contribution < 1.29 is 13.9 Å². The molecule has 1 amide bonds. The van der Waals surface area contributed by atoms with Gasteiger partial charge in [-0.1, -0.05) is 18.2 Å². The molecule has 0 aliphatic carbocycles. The first-order valence-electron chi connectivity index (χ1n) is 5.40. The Hall–Kier alpha value is -2.23. The monoisotopic (exact) mass is 229 g/mol. The average molecular weight is 229 g/mol. The Morgan fingerprint density at radius 3 is 2.59 bits per heavy atom. The van der Waals surface area contributed by atoms with Gasteiger partial charge < -0.3 is 14.5 Å². The number of hydrogen-bond acceptors (Lipinski definition) is 3. The molecule has 0 bridgehead atoms. The van der Waals surface area contributed by atoms with Crippen LogP contribution in [0.2, 0.25) is 0 Å². The van der Waals surface area contributed by atoms with Gasteiger partial charge in [0, 0.05) is 0 Å². The SMILES string of the molecule is O=C1N[C@@H](c2ccco2)[C@H]1Oc1ccccc1. The Bertz CT molecular complexity index is 507. The second-order valence-corrected chi connectivity index (χ2v) is 3.85. The lowest BCUT2D eigenvalue weighted by Gasteiger charge is -2.35. The van der Waals surface area contributed by atoms with E-state index in [0.29, 0.717) is 11.5 Å². The molecule has 2 atom stereocenters. The molecular formula is C13H11NO3. The molecule has 0 spiro atoms. The van der Waals surface area contributed by atoms with E-state index in [1.165, 1.54) is 0 Å². The van der Waals surface area contributed by atoms with Crippen LogP contribution in [-0.4, -0.2) is 12.0 Å². The number of hydrogen-bond donors (Lipinski definition) is 1. The topological polar surface area (TPSA) is 51.5 Å². The lowest BCUT2D eigenvalue weighted by atomic mass is 9.99. The lowest BCUT2D eigenvalue weighted by molar-refractivity contribution is -0.141. The van der Waals surface area contributed by atoms with Crippen LogP contribution < -0.4 is 10.1 Å². The summed E-state index contributed by atoms with van der Waals surface area (Å²) in [4.78, 5) is 11.5. The highest BCUT2D eigenvalue weighted by molar-refractivity contribution is 5.88. The van der Waals surface area contributed by atoms with Crippen LogP contribution in [0.15, 0.2) is 53.1 Å². The minimum Gasteiger partial charge on any atom is -0.478 e. The summed E-state index contributed by atoms with van der Waals surface area (Å²) in [6.07, 6.45) is 1.07. The van der Waals surface area contributed by atoms with Crippen LogP contribution >= 0.6 is 0 Å². The summed E-state index contributed by atoms with van der Waals surface area (Å²) < 4.78 is 10.9. The molecule has 4 heteroatoms. The zero-order valence-corrected chi connectivity index (χ0v) is 9.00. The molecule has 1 aliphatic heterocycles. The van der Waals surface area contributed by atoms with Crippen LogP contribution in [-0.2, 0) is 4.79 Å².